The van der Waals surface area contributed by atoms with Crippen molar-refractivity contribution >= 4 is 22.9 Å². The van der Waals surface area contributed by atoms with Crippen LogP contribution < -0.4 is 5.73 Å². The quantitative estimate of drug-likeness (QED) is 0.869. The van der Waals surface area contributed by atoms with Crippen molar-refractivity contribution in [3.05, 3.63) is 30.0 Å². The molecule has 2 aromatic rings. The van der Waals surface area contributed by atoms with Crippen molar-refractivity contribution in [1.82, 2.24) is 14.7 Å². The number of aromatic nitrogens is 2. The number of piperidine rings is 1. The monoisotopic (exact) mass is 390 g/mol. The van der Waals surface area contributed by atoms with E-state index < -0.39 is 23.8 Å². The van der Waals surface area contributed by atoms with Crippen LogP contribution in [0.2, 0.25) is 0 Å². The summed E-state index contributed by atoms with van der Waals surface area (Å²) in [6.45, 7) is 6.19. The molecule has 152 valence electrons. The van der Waals surface area contributed by atoms with E-state index >= 15 is 0 Å². The molecule has 2 heterocycles. The Morgan fingerprint density at radius 3 is 2.68 bits per heavy atom. The van der Waals surface area contributed by atoms with Crippen LogP contribution in [-0.4, -0.2) is 51.5 Å². The molecule has 1 fully saturated rings. The van der Waals surface area contributed by atoms with Crippen molar-refractivity contribution in [2.75, 3.05) is 13.1 Å². The predicted octanol–water partition coefficient (Wildman–Crippen LogP) is 2.66. The number of benzene rings is 1. The van der Waals surface area contributed by atoms with Gasteiger partial charge in [-0.3, -0.25) is 9.48 Å². The molecule has 0 spiro atoms. The molecule has 1 aliphatic rings. The maximum absolute atomic E-state index is 14.8. The van der Waals surface area contributed by atoms with Crippen molar-refractivity contribution in [3.8, 4) is 0 Å². The third-order valence-corrected chi connectivity index (χ3v) is 4.81. The summed E-state index contributed by atoms with van der Waals surface area (Å²) < 4.78 is 21.9. The second kappa shape index (κ2) is 7.77. The third kappa shape index (κ3) is 4.61. The maximum atomic E-state index is 14.8. The lowest BCUT2D eigenvalue weighted by molar-refractivity contribution is -0.117. The number of para-hydroxylation sites is 1. The molecular weight excluding hydrogens is 363 g/mol. The number of rotatable bonds is 4. The van der Waals surface area contributed by atoms with E-state index in [0.29, 0.717) is 25.2 Å². The van der Waals surface area contributed by atoms with E-state index in [1.807, 2.05) is 24.3 Å². The zero-order valence-electron chi connectivity index (χ0n) is 16.5. The van der Waals surface area contributed by atoms with Gasteiger partial charge in [-0.15, -0.1) is 0 Å². The van der Waals surface area contributed by atoms with E-state index in [9.17, 15) is 14.0 Å². The summed E-state index contributed by atoms with van der Waals surface area (Å²) in [6, 6.07) is 7.54. The number of primary amides is 1. The van der Waals surface area contributed by atoms with Gasteiger partial charge in [-0.1, -0.05) is 18.2 Å². The summed E-state index contributed by atoms with van der Waals surface area (Å²) in [5.74, 6) is -0.729. The van der Waals surface area contributed by atoms with Gasteiger partial charge in [0.15, 0.2) is 0 Å². The zero-order chi connectivity index (χ0) is 20.5. The molecule has 0 unspecified atom stereocenters. The van der Waals surface area contributed by atoms with Crippen LogP contribution in [0.1, 0.15) is 32.9 Å². The molecule has 1 aliphatic heterocycles. The molecule has 1 aromatic carbocycles. The Morgan fingerprint density at radius 1 is 1.32 bits per heavy atom. The van der Waals surface area contributed by atoms with Crippen molar-refractivity contribution in [2.24, 2.45) is 11.7 Å². The number of ether oxygens (including phenoxy) is 1. The second-order valence-electron chi connectivity index (χ2n) is 8.28. The molecule has 2 atom stereocenters. The number of halogens is 1. The average Bonchev–Trinajstić information content (AvgIpc) is 2.92. The van der Waals surface area contributed by atoms with Gasteiger partial charge in [0, 0.05) is 24.4 Å². The van der Waals surface area contributed by atoms with Gasteiger partial charge in [0.05, 0.1) is 24.2 Å². The van der Waals surface area contributed by atoms with Crippen LogP contribution in [0.3, 0.4) is 0 Å². The van der Waals surface area contributed by atoms with Crippen LogP contribution in [0, 0.1) is 5.92 Å². The van der Waals surface area contributed by atoms with E-state index in [1.165, 1.54) is 4.90 Å². The Bertz CT molecular complexity index is 874. The summed E-state index contributed by atoms with van der Waals surface area (Å²) in [7, 11) is 0. The third-order valence-electron chi connectivity index (χ3n) is 4.81. The first-order chi connectivity index (χ1) is 13.1. The van der Waals surface area contributed by atoms with Gasteiger partial charge in [-0.25, -0.2) is 9.18 Å². The van der Waals surface area contributed by atoms with Gasteiger partial charge in [0.25, 0.3) is 0 Å². The highest BCUT2D eigenvalue weighted by Crippen LogP contribution is 2.26. The standard InChI is InChI=1S/C20H27FN4O3/c1-20(2,3)28-19(27)24-9-8-13(15(21)12-24)11-25-17-7-5-4-6-14(17)16(23-25)10-18(22)26/h4-7,13,15H,8-12H2,1-3H3,(H2,22,26)/t13-,15-/m0/s1. The average molecular weight is 390 g/mol. The highest BCUT2D eigenvalue weighted by Gasteiger charge is 2.34. The number of hydrogen-bond acceptors (Lipinski definition) is 4. The number of carbonyl (C=O) groups is 2. The molecule has 7 nitrogen and oxygen atoms in total. The molecule has 2 N–H and O–H groups in total. The summed E-state index contributed by atoms with van der Waals surface area (Å²) in [5, 5.41) is 5.35. The zero-order valence-corrected chi connectivity index (χ0v) is 16.5. The van der Waals surface area contributed by atoms with Crippen LogP contribution in [0.5, 0.6) is 0 Å². The molecule has 0 aliphatic carbocycles. The molecule has 0 bridgehead atoms. The molecule has 0 saturated carbocycles. The fraction of sp³-hybridized carbons (Fsp3) is 0.550. The number of carbonyl (C=O) groups excluding carboxylic acids is 2. The minimum absolute atomic E-state index is 0.00687. The smallest absolute Gasteiger partial charge is 0.410 e. The van der Waals surface area contributed by atoms with Crippen LogP contribution >= 0.6 is 0 Å². The van der Waals surface area contributed by atoms with E-state index in [-0.39, 0.29) is 18.9 Å². The normalized spacial score (nSPS) is 20.4. The fourth-order valence-electron chi connectivity index (χ4n) is 3.50. The first-order valence-electron chi connectivity index (χ1n) is 9.49. The van der Waals surface area contributed by atoms with Gasteiger partial charge in [0.2, 0.25) is 5.91 Å². The van der Waals surface area contributed by atoms with Crippen molar-refractivity contribution < 1.29 is 18.7 Å². The van der Waals surface area contributed by atoms with Crippen molar-refractivity contribution in [2.45, 2.75) is 51.9 Å². The van der Waals surface area contributed by atoms with Crippen LogP contribution in [-0.2, 0) is 22.5 Å². The number of hydrogen-bond donors (Lipinski definition) is 1. The van der Waals surface area contributed by atoms with Crippen molar-refractivity contribution in [1.29, 1.82) is 0 Å². The molecule has 2 amide bonds. The number of amides is 2. The molecule has 1 aromatic heterocycles. The SMILES string of the molecule is CC(C)(C)OC(=O)N1CC[C@@H](Cn2nc(CC(N)=O)c3ccccc32)[C@@H](F)C1. The number of likely N-dealkylation sites (tertiary alicyclic amines) is 1. The fourth-order valence-corrected chi connectivity index (χ4v) is 3.50. The van der Waals surface area contributed by atoms with Crippen LogP contribution in [0.4, 0.5) is 9.18 Å². The predicted molar refractivity (Wildman–Crippen MR) is 103 cm³/mol. The number of nitrogens with two attached hydrogens (primary N) is 1. The topological polar surface area (TPSA) is 90.4 Å². The lowest BCUT2D eigenvalue weighted by Crippen LogP contribution is -2.47. The van der Waals surface area contributed by atoms with Crippen LogP contribution in [0.15, 0.2) is 24.3 Å². The summed E-state index contributed by atoms with van der Waals surface area (Å²) in [4.78, 5) is 24.9. The van der Waals surface area contributed by atoms with Gasteiger partial charge in [-0.2, -0.15) is 5.10 Å². The lowest BCUT2D eigenvalue weighted by Gasteiger charge is -2.35. The molecule has 8 heteroatoms. The minimum Gasteiger partial charge on any atom is -0.444 e. The summed E-state index contributed by atoms with van der Waals surface area (Å²) in [6.07, 6.45) is -1.10. The number of nitrogens with zero attached hydrogens (tertiary/aromatic N) is 3. The van der Waals surface area contributed by atoms with E-state index in [2.05, 4.69) is 5.10 Å². The van der Waals surface area contributed by atoms with Crippen molar-refractivity contribution in [3.63, 3.8) is 0 Å². The Morgan fingerprint density at radius 2 is 2.04 bits per heavy atom. The molecule has 0 radical (unpaired) electrons. The summed E-state index contributed by atoms with van der Waals surface area (Å²) >= 11 is 0. The summed E-state index contributed by atoms with van der Waals surface area (Å²) in [5.41, 5.74) is 6.16. The highest BCUT2D eigenvalue weighted by atomic mass is 19.1. The van der Waals surface area contributed by atoms with Gasteiger partial charge in [-0.05, 0) is 33.3 Å². The van der Waals surface area contributed by atoms with Gasteiger partial charge in [0.1, 0.15) is 11.8 Å². The number of fused-ring (bicyclic) bond motifs is 1. The largest absolute Gasteiger partial charge is 0.444 e. The van der Waals surface area contributed by atoms with E-state index in [0.717, 1.165) is 10.9 Å². The first-order valence-corrected chi connectivity index (χ1v) is 9.49. The van der Waals surface area contributed by atoms with Gasteiger partial charge < -0.3 is 15.4 Å². The van der Waals surface area contributed by atoms with Gasteiger partial charge >= 0.3 is 6.09 Å². The van der Waals surface area contributed by atoms with Crippen LogP contribution in [0.25, 0.3) is 10.9 Å². The Labute approximate surface area is 163 Å². The molecule has 3 rings (SSSR count). The Kier molecular flexibility index (Phi) is 5.58. The second-order valence-corrected chi connectivity index (χ2v) is 8.28. The lowest BCUT2D eigenvalue weighted by atomic mass is 9.95. The molecule has 28 heavy (non-hydrogen) atoms. The molecule has 1 saturated heterocycles. The Hall–Kier alpha value is -2.64. The maximum Gasteiger partial charge on any atom is 0.410 e. The number of alkyl halides is 1. The Balaban J connectivity index is 1.72. The molecular formula is C20H27FN4O3. The van der Waals surface area contributed by atoms with E-state index in [4.69, 9.17) is 10.5 Å². The minimum atomic E-state index is -1.18. The first kappa shape index (κ1) is 20.1. The highest BCUT2D eigenvalue weighted by molar-refractivity contribution is 5.87. The van der Waals surface area contributed by atoms with E-state index in [1.54, 1.807) is 25.5 Å².